The van der Waals surface area contributed by atoms with E-state index in [4.69, 9.17) is 13.7 Å². The van der Waals surface area contributed by atoms with Crippen LogP contribution in [-0.4, -0.2) is 44.1 Å². The van der Waals surface area contributed by atoms with Crippen molar-refractivity contribution < 1.29 is 26.9 Å². The maximum Gasteiger partial charge on any atom is 0.314 e. The lowest BCUT2D eigenvalue weighted by molar-refractivity contribution is -0.154. The number of rotatable bonds is 4. The highest BCUT2D eigenvalue weighted by molar-refractivity contribution is 7.87. The van der Waals surface area contributed by atoms with E-state index in [-0.39, 0.29) is 17.8 Å². The Morgan fingerprint density at radius 1 is 1.27 bits per heavy atom. The van der Waals surface area contributed by atoms with Crippen molar-refractivity contribution >= 4 is 16.1 Å². The molecule has 3 aliphatic heterocycles. The molecule has 0 aromatic carbocycles. The van der Waals surface area contributed by atoms with E-state index in [9.17, 15) is 13.2 Å². The van der Waals surface area contributed by atoms with Crippen LogP contribution in [0.25, 0.3) is 0 Å². The average Bonchev–Trinajstić information content (AvgIpc) is 2.86. The predicted octanol–water partition coefficient (Wildman–Crippen LogP) is 1.34. The van der Waals surface area contributed by atoms with E-state index in [1.807, 2.05) is 27.7 Å². The normalized spacial score (nSPS) is 45.0. The van der Waals surface area contributed by atoms with Gasteiger partial charge in [0.2, 0.25) is 0 Å². The van der Waals surface area contributed by atoms with E-state index in [0.29, 0.717) is 6.61 Å². The Morgan fingerprint density at radius 2 is 1.91 bits per heavy atom. The third kappa shape index (κ3) is 2.05. The van der Waals surface area contributed by atoms with Crippen LogP contribution < -0.4 is 0 Å². The number of carbonyl (C=O) groups excluding carboxylic acids is 1. The minimum Gasteiger partial charge on any atom is -0.465 e. The average molecular weight is 332 g/mol. The minimum absolute atomic E-state index is 0.0784. The summed E-state index contributed by atoms with van der Waals surface area (Å²) in [4.78, 5) is 12.5. The van der Waals surface area contributed by atoms with Crippen LogP contribution in [0.3, 0.4) is 0 Å². The van der Waals surface area contributed by atoms with Crippen molar-refractivity contribution in [1.29, 1.82) is 0 Å². The third-order valence-electron chi connectivity index (χ3n) is 5.08. The summed E-state index contributed by atoms with van der Waals surface area (Å²) in [6.07, 6.45) is -1.21. The summed E-state index contributed by atoms with van der Waals surface area (Å²) in [7, 11) is -3.71. The van der Waals surface area contributed by atoms with Gasteiger partial charge in [0.05, 0.1) is 12.7 Å². The van der Waals surface area contributed by atoms with Gasteiger partial charge in [-0.05, 0) is 18.8 Å². The monoisotopic (exact) mass is 332 g/mol. The highest BCUT2D eigenvalue weighted by Gasteiger charge is 2.78. The fourth-order valence-electron chi connectivity index (χ4n) is 4.23. The topological polar surface area (TPSA) is 78.9 Å². The molecule has 0 aromatic rings. The molecule has 0 saturated carbocycles. The molecule has 0 amide bonds. The van der Waals surface area contributed by atoms with Gasteiger partial charge in [0.25, 0.3) is 10.1 Å². The van der Waals surface area contributed by atoms with E-state index in [0.717, 1.165) is 0 Å². The Morgan fingerprint density at radius 3 is 2.45 bits per heavy atom. The van der Waals surface area contributed by atoms with Gasteiger partial charge in [-0.25, -0.2) is 0 Å². The van der Waals surface area contributed by atoms with Gasteiger partial charge in [-0.2, -0.15) is 8.42 Å². The zero-order valence-electron chi connectivity index (χ0n) is 13.6. The summed E-state index contributed by atoms with van der Waals surface area (Å²) >= 11 is 0. The van der Waals surface area contributed by atoms with Crippen LogP contribution >= 0.6 is 0 Å². The van der Waals surface area contributed by atoms with Gasteiger partial charge < -0.3 is 9.47 Å². The number of hydrogen-bond donors (Lipinski definition) is 0. The quantitative estimate of drug-likeness (QED) is 0.571. The molecule has 7 heteroatoms. The number of hydrogen-bond acceptors (Lipinski definition) is 6. The Bertz CT molecular complexity index is 583. The molecule has 6 nitrogen and oxygen atoms in total. The molecule has 6 atom stereocenters. The van der Waals surface area contributed by atoms with Gasteiger partial charge in [-0.3, -0.25) is 8.98 Å². The van der Waals surface area contributed by atoms with E-state index < -0.39 is 45.1 Å². The first-order valence-electron chi connectivity index (χ1n) is 7.86. The Hall–Kier alpha value is -0.660. The van der Waals surface area contributed by atoms with Gasteiger partial charge in [-0.1, -0.05) is 27.7 Å². The number of ether oxygens (including phenoxy) is 2. The molecule has 22 heavy (non-hydrogen) atoms. The first kappa shape index (κ1) is 16.2. The van der Waals surface area contributed by atoms with Crippen LogP contribution in [0.5, 0.6) is 0 Å². The zero-order chi connectivity index (χ0) is 16.4. The molecule has 0 N–H and O–H groups in total. The van der Waals surface area contributed by atoms with Gasteiger partial charge in [0, 0.05) is 5.92 Å². The summed E-state index contributed by atoms with van der Waals surface area (Å²) in [6.45, 7) is 9.88. The molecule has 3 aliphatic rings. The van der Waals surface area contributed by atoms with E-state index in [2.05, 4.69) is 0 Å². The largest absolute Gasteiger partial charge is 0.465 e. The van der Waals surface area contributed by atoms with Crippen LogP contribution in [-0.2, 0) is 28.6 Å². The Balaban J connectivity index is 1.94. The Labute approximate surface area is 131 Å². The van der Waals surface area contributed by atoms with Crippen LogP contribution in [0.4, 0.5) is 0 Å². The molecular weight excluding hydrogens is 308 g/mol. The second kappa shape index (κ2) is 4.92. The van der Waals surface area contributed by atoms with E-state index >= 15 is 0 Å². The fraction of sp³-hybridized carbons (Fsp3) is 0.933. The molecule has 0 aliphatic carbocycles. The molecule has 126 valence electrons. The van der Waals surface area contributed by atoms with Gasteiger partial charge >= 0.3 is 5.97 Å². The summed E-state index contributed by atoms with van der Waals surface area (Å²) in [5.74, 6) is -1.01. The van der Waals surface area contributed by atoms with E-state index in [1.54, 1.807) is 6.92 Å². The van der Waals surface area contributed by atoms with Crippen molar-refractivity contribution in [2.24, 2.45) is 23.7 Å². The standard InChI is InChI=1S/C15H24O6S/c1-7(2)6-19-14(16)10-11-9(8(3)4)13-15(5,20-11)12(10)21-22(13,17)18/h7-13H,6H2,1-5H3. The first-order valence-corrected chi connectivity index (χ1v) is 9.33. The van der Waals surface area contributed by atoms with Crippen molar-refractivity contribution in [2.45, 2.75) is 57.7 Å². The highest BCUT2D eigenvalue weighted by Crippen LogP contribution is 2.60. The fourth-order valence-corrected chi connectivity index (χ4v) is 6.57. The molecule has 6 unspecified atom stereocenters. The smallest absolute Gasteiger partial charge is 0.314 e. The lowest BCUT2D eigenvalue weighted by atomic mass is 9.70. The molecular formula is C15H24O6S. The van der Waals surface area contributed by atoms with Gasteiger partial charge in [0.1, 0.15) is 22.9 Å². The van der Waals surface area contributed by atoms with E-state index in [1.165, 1.54) is 0 Å². The van der Waals surface area contributed by atoms with Crippen LogP contribution in [0.2, 0.25) is 0 Å². The molecule has 3 rings (SSSR count). The third-order valence-corrected chi connectivity index (χ3v) is 6.96. The lowest BCUT2D eigenvalue weighted by Gasteiger charge is -2.33. The second-order valence-corrected chi connectivity index (χ2v) is 9.25. The van der Waals surface area contributed by atoms with Crippen LogP contribution in [0.15, 0.2) is 0 Å². The zero-order valence-corrected chi connectivity index (χ0v) is 14.4. The SMILES string of the molecule is CC(C)COC(=O)C1C2OC3(C)C1OS(=O)(=O)C3C2C(C)C. The number of fused-ring (bicyclic) bond motifs is 1. The minimum atomic E-state index is -3.71. The van der Waals surface area contributed by atoms with Crippen molar-refractivity contribution in [1.82, 2.24) is 0 Å². The van der Waals surface area contributed by atoms with Gasteiger partial charge in [-0.15, -0.1) is 0 Å². The summed E-state index contributed by atoms with van der Waals surface area (Å²) < 4.78 is 41.4. The molecule has 3 saturated heterocycles. The molecule has 0 radical (unpaired) electrons. The van der Waals surface area contributed by atoms with Crippen LogP contribution in [0, 0.1) is 23.7 Å². The van der Waals surface area contributed by atoms with Crippen molar-refractivity contribution in [3.05, 3.63) is 0 Å². The van der Waals surface area contributed by atoms with Crippen molar-refractivity contribution in [2.75, 3.05) is 6.61 Å². The second-order valence-electron chi connectivity index (χ2n) is 7.57. The molecule has 3 heterocycles. The molecule has 0 spiro atoms. The van der Waals surface area contributed by atoms with Crippen LogP contribution in [0.1, 0.15) is 34.6 Å². The van der Waals surface area contributed by atoms with Gasteiger partial charge in [0.15, 0.2) is 0 Å². The summed E-state index contributed by atoms with van der Waals surface area (Å²) in [5, 5.41) is -0.691. The predicted molar refractivity (Wildman–Crippen MR) is 78.5 cm³/mol. The lowest BCUT2D eigenvalue weighted by Crippen LogP contribution is -2.52. The van der Waals surface area contributed by atoms with Crippen molar-refractivity contribution in [3.63, 3.8) is 0 Å². The highest BCUT2D eigenvalue weighted by atomic mass is 32.2. The van der Waals surface area contributed by atoms with Crippen molar-refractivity contribution in [3.8, 4) is 0 Å². The maximum absolute atomic E-state index is 12.5. The molecule has 3 fully saturated rings. The number of esters is 1. The summed E-state index contributed by atoms with van der Waals surface area (Å²) in [6, 6.07) is 0. The maximum atomic E-state index is 12.5. The summed E-state index contributed by atoms with van der Waals surface area (Å²) in [5.41, 5.74) is -0.944. The molecule has 0 aromatic heterocycles. The molecule has 2 bridgehead atoms. The Kier molecular flexibility index (Phi) is 3.62. The number of carbonyl (C=O) groups is 1. The first-order chi connectivity index (χ1) is 10.1.